The first-order valence-corrected chi connectivity index (χ1v) is 7.33. The van der Waals surface area contributed by atoms with Crippen LogP contribution in [0.5, 0.6) is 5.75 Å². The standard InChI is InChI=1S/C14H15Cl2N3O/c1-2-19-8-10(7-17-19)18-13-3-4-20-14-11(13)5-9(15)6-12(14)16/h5-8,13,18H,2-4H2,1H3. The lowest BCUT2D eigenvalue weighted by Crippen LogP contribution is -2.20. The van der Waals surface area contributed by atoms with Crippen molar-refractivity contribution >= 4 is 28.9 Å². The quantitative estimate of drug-likeness (QED) is 0.925. The molecular formula is C14H15Cl2N3O. The van der Waals surface area contributed by atoms with Crippen molar-refractivity contribution in [1.29, 1.82) is 0 Å². The number of nitrogens with one attached hydrogen (secondary N) is 1. The van der Waals surface area contributed by atoms with Crippen molar-refractivity contribution in [1.82, 2.24) is 9.78 Å². The number of halogens is 2. The van der Waals surface area contributed by atoms with Crippen LogP contribution in [0.1, 0.15) is 24.9 Å². The number of fused-ring (bicyclic) bond motifs is 1. The zero-order valence-electron chi connectivity index (χ0n) is 11.1. The Morgan fingerprint density at radius 1 is 1.45 bits per heavy atom. The number of hydrogen-bond donors (Lipinski definition) is 1. The maximum absolute atomic E-state index is 6.19. The van der Waals surface area contributed by atoms with Crippen molar-refractivity contribution in [2.75, 3.05) is 11.9 Å². The van der Waals surface area contributed by atoms with E-state index in [0.717, 1.165) is 30.0 Å². The van der Waals surface area contributed by atoms with Gasteiger partial charge in [-0.3, -0.25) is 4.68 Å². The molecule has 6 heteroatoms. The first-order chi connectivity index (χ1) is 9.67. The molecule has 1 aromatic heterocycles. The molecule has 0 saturated carbocycles. The van der Waals surface area contributed by atoms with E-state index < -0.39 is 0 Å². The second-order valence-electron chi connectivity index (χ2n) is 4.72. The second-order valence-corrected chi connectivity index (χ2v) is 5.57. The molecule has 4 nitrogen and oxygen atoms in total. The minimum Gasteiger partial charge on any atom is -0.492 e. The Morgan fingerprint density at radius 2 is 2.30 bits per heavy atom. The highest BCUT2D eigenvalue weighted by Gasteiger charge is 2.24. The van der Waals surface area contributed by atoms with Crippen LogP contribution < -0.4 is 10.1 Å². The van der Waals surface area contributed by atoms with Crippen LogP contribution in [0.2, 0.25) is 10.0 Å². The highest BCUT2D eigenvalue weighted by atomic mass is 35.5. The summed E-state index contributed by atoms with van der Waals surface area (Å²) in [6.07, 6.45) is 4.67. The highest BCUT2D eigenvalue weighted by Crippen LogP contribution is 2.41. The topological polar surface area (TPSA) is 39.1 Å². The van der Waals surface area contributed by atoms with Crippen LogP contribution in [-0.2, 0) is 6.54 Å². The van der Waals surface area contributed by atoms with E-state index in [1.54, 1.807) is 6.07 Å². The zero-order chi connectivity index (χ0) is 14.1. The molecule has 0 amide bonds. The molecule has 2 aromatic rings. The number of hydrogen-bond acceptors (Lipinski definition) is 3. The summed E-state index contributed by atoms with van der Waals surface area (Å²) in [5, 5.41) is 8.91. The third-order valence-electron chi connectivity index (χ3n) is 3.36. The predicted octanol–water partition coefficient (Wildman–Crippen LogP) is 4.15. The number of anilines is 1. The molecular weight excluding hydrogens is 297 g/mol. The number of rotatable bonds is 3. The summed E-state index contributed by atoms with van der Waals surface area (Å²) in [5.74, 6) is 0.725. The molecule has 2 heterocycles. The lowest BCUT2D eigenvalue weighted by Gasteiger charge is -2.27. The Hall–Kier alpha value is -1.39. The van der Waals surface area contributed by atoms with Crippen molar-refractivity contribution in [3.8, 4) is 5.75 Å². The first-order valence-electron chi connectivity index (χ1n) is 6.58. The number of nitrogens with zero attached hydrogens (tertiary/aromatic N) is 2. The molecule has 1 aliphatic heterocycles. The summed E-state index contributed by atoms with van der Waals surface area (Å²) < 4.78 is 7.53. The summed E-state index contributed by atoms with van der Waals surface area (Å²) in [5.41, 5.74) is 1.98. The van der Waals surface area contributed by atoms with Gasteiger partial charge in [-0.15, -0.1) is 0 Å². The molecule has 1 unspecified atom stereocenters. The van der Waals surface area contributed by atoms with Gasteiger partial charge in [0.15, 0.2) is 0 Å². The normalized spacial score (nSPS) is 17.4. The van der Waals surface area contributed by atoms with E-state index in [-0.39, 0.29) is 6.04 Å². The molecule has 0 radical (unpaired) electrons. The van der Waals surface area contributed by atoms with Gasteiger partial charge in [0.2, 0.25) is 0 Å². The summed E-state index contributed by atoms with van der Waals surface area (Å²) in [6, 6.07) is 3.74. The average molecular weight is 312 g/mol. The van der Waals surface area contributed by atoms with Gasteiger partial charge in [-0.2, -0.15) is 5.10 Å². The van der Waals surface area contributed by atoms with Crippen LogP contribution >= 0.6 is 23.2 Å². The maximum Gasteiger partial charge on any atom is 0.143 e. The van der Waals surface area contributed by atoms with Gasteiger partial charge < -0.3 is 10.1 Å². The molecule has 20 heavy (non-hydrogen) atoms. The monoisotopic (exact) mass is 311 g/mol. The van der Waals surface area contributed by atoms with Gasteiger partial charge in [0.25, 0.3) is 0 Å². The molecule has 1 atom stereocenters. The van der Waals surface area contributed by atoms with Crippen LogP contribution in [-0.4, -0.2) is 16.4 Å². The number of ether oxygens (including phenoxy) is 1. The van der Waals surface area contributed by atoms with E-state index in [4.69, 9.17) is 27.9 Å². The summed E-state index contributed by atoms with van der Waals surface area (Å²) >= 11 is 12.3. The third kappa shape index (κ3) is 2.58. The van der Waals surface area contributed by atoms with E-state index in [1.807, 2.05) is 23.1 Å². The lowest BCUT2D eigenvalue weighted by atomic mass is 10.0. The molecule has 1 aromatic carbocycles. The molecule has 0 saturated heterocycles. The molecule has 1 aliphatic rings. The Labute approximate surface area is 127 Å². The fraction of sp³-hybridized carbons (Fsp3) is 0.357. The van der Waals surface area contributed by atoms with Crippen LogP contribution in [0.3, 0.4) is 0 Å². The van der Waals surface area contributed by atoms with E-state index >= 15 is 0 Å². The van der Waals surface area contributed by atoms with E-state index in [0.29, 0.717) is 16.7 Å². The summed E-state index contributed by atoms with van der Waals surface area (Å²) in [7, 11) is 0. The molecule has 0 fully saturated rings. The Balaban J connectivity index is 1.89. The van der Waals surface area contributed by atoms with Crippen LogP contribution in [0.25, 0.3) is 0 Å². The SMILES string of the molecule is CCn1cc(NC2CCOc3c(Cl)cc(Cl)cc32)cn1. The number of aromatic nitrogens is 2. The molecule has 106 valence electrons. The van der Waals surface area contributed by atoms with Crippen molar-refractivity contribution < 1.29 is 4.74 Å². The van der Waals surface area contributed by atoms with Gasteiger partial charge in [-0.25, -0.2) is 0 Å². The minimum atomic E-state index is 0.129. The largest absolute Gasteiger partial charge is 0.492 e. The fourth-order valence-electron chi connectivity index (χ4n) is 2.39. The van der Waals surface area contributed by atoms with Crippen LogP contribution in [0.15, 0.2) is 24.5 Å². The van der Waals surface area contributed by atoms with E-state index in [9.17, 15) is 0 Å². The molecule has 3 rings (SSSR count). The smallest absolute Gasteiger partial charge is 0.143 e. The van der Waals surface area contributed by atoms with Crippen LogP contribution in [0.4, 0.5) is 5.69 Å². The Kier molecular flexibility index (Phi) is 3.76. The lowest BCUT2D eigenvalue weighted by molar-refractivity contribution is 0.274. The van der Waals surface area contributed by atoms with Crippen molar-refractivity contribution in [3.63, 3.8) is 0 Å². The van der Waals surface area contributed by atoms with Gasteiger partial charge >= 0.3 is 0 Å². The highest BCUT2D eigenvalue weighted by molar-refractivity contribution is 6.35. The van der Waals surface area contributed by atoms with E-state index in [1.165, 1.54) is 0 Å². The maximum atomic E-state index is 6.19. The summed E-state index contributed by atoms with van der Waals surface area (Å²) in [4.78, 5) is 0. The van der Waals surface area contributed by atoms with E-state index in [2.05, 4.69) is 17.3 Å². The number of benzene rings is 1. The molecule has 0 spiro atoms. The Morgan fingerprint density at radius 3 is 3.05 bits per heavy atom. The predicted molar refractivity (Wildman–Crippen MR) is 80.8 cm³/mol. The first kappa shape index (κ1) is 13.6. The molecule has 0 aliphatic carbocycles. The minimum absolute atomic E-state index is 0.129. The second kappa shape index (κ2) is 5.54. The molecule has 0 bridgehead atoms. The number of aryl methyl sites for hydroxylation is 1. The van der Waals surface area contributed by atoms with Crippen molar-refractivity contribution in [2.45, 2.75) is 25.9 Å². The average Bonchev–Trinajstić information content (AvgIpc) is 2.87. The third-order valence-corrected chi connectivity index (χ3v) is 3.86. The van der Waals surface area contributed by atoms with Crippen molar-refractivity contribution in [3.05, 3.63) is 40.1 Å². The van der Waals surface area contributed by atoms with Gasteiger partial charge in [-0.1, -0.05) is 23.2 Å². The van der Waals surface area contributed by atoms with Crippen LogP contribution in [0, 0.1) is 0 Å². The van der Waals surface area contributed by atoms with Gasteiger partial charge in [0.1, 0.15) is 5.75 Å². The summed E-state index contributed by atoms with van der Waals surface area (Å²) in [6.45, 7) is 3.54. The molecule has 1 N–H and O–H groups in total. The van der Waals surface area contributed by atoms with Gasteiger partial charge in [0, 0.05) is 29.7 Å². The zero-order valence-corrected chi connectivity index (χ0v) is 12.6. The van der Waals surface area contributed by atoms with Crippen molar-refractivity contribution in [2.24, 2.45) is 0 Å². The van der Waals surface area contributed by atoms with Gasteiger partial charge in [-0.05, 0) is 19.1 Å². The fourth-order valence-corrected chi connectivity index (χ4v) is 2.95. The Bertz CT molecular complexity index is 627. The van der Waals surface area contributed by atoms with Gasteiger partial charge in [0.05, 0.1) is 29.6 Å².